The molecule has 0 radical (unpaired) electrons. The summed E-state index contributed by atoms with van der Waals surface area (Å²) >= 11 is 0. The second-order valence-corrected chi connectivity index (χ2v) is 7.86. The Labute approximate surface area is 185 Å². The van der Waals surface area contributed by atoms with Crippen LogP contribution < -0.4 is 15.5 Å². The van der Waals surface area contributed by atoms with Gasteiger partial charge in [0.1, 0.15) is 11.6 Å². The molecule has 0 bridgehead atoms. The number of aryl methyl sites for hydroxylation is 3. The summed E-state index contributed by atoms with van der Waals surface area (Å²) in [7, 11) is 0. The number of aromatic nitrogens is 1. The van der Waals surface area contributed by atoms with Crippen molar-refractivity contribution in [3.05, 3.63) is 93.5 Å². The van der Waals surface area contributed by atoms with Gasteiger partial charge < -0.3 is 14.6 Å². The molecule has 0 aliphatic carbocycles. The van der Waals surface area contributed by atoms with Crippen LogP contribution >= 0.6 is 0 Å². The van der Waals surface area contributed by atoms with E-state index in [9.17, 15) is 14.0 Å². The summed E-state index contributed by atoms with van der Waals surface area (Å²) in [4.78, 5) is 24.3. The number of ether oxygens (including phenoxy) is 1. The van der Waals surface area contributed by atoms with Gasteiger partial charge in [0.05, 0.1) is 11.2 Å². The predicted molar refractivity (Wildman–Crippen MR) is 125 cm³/mol. The molecule has 162 valence electrons. The first-order valence-corrected chi connectivity index (χ1v) is 10.2. The van der Waals surface area contributed by atoms with E-state index in [0.29, 0.717) is 50.5 Å². The number of hydrogen-bond acceptors (Lipinski definition) is 3. The van der Waals surface area contributed by atoms with E-state index in [2.05, 4.69) is 5.32 Å². The SMILES string of the molecule is CC(=O)Nc1ccc(Oc2c(C)cc(F)cc2C)c(-n2cc(C)c(=O)c3ccccc32)c1. The van der Waals surface area contributed by atoms with Gasteiger partial charge in [0.25, 0.3) is 0 Å². The van der Waals surface area contributed by atoms with Gasteiger partial charge in [0.15, 0.2) is 11.2 Å². The van der Waals surface area contributed by atoms with Crippen molar-refractivity contribution in [1.82, 2.24) is 4.57 Å². The molecule has 0 unspecified atom stereocenters. The Morgan fingerprint density at radius 1 is 0.969 bits per heavy atom. The van der Waals surface area contributed by atoms with Gasteiger partial charge in [-0.1, -0.05) is 12.1 Å². The Bertz CT molecular complexity index is 1400. The first kappa shape index (κ1) is 21.3. The molecule has 4 aromatic rings. The van der Waals surface area contributed by atoms with Gasteiger partial charge in [0, 0.05) is 29.8 Å². The quantitative estimate of drug-likeness (QED) is 0.445. The molecule has 0 spiro atoms. The third kappa shape index (κ3) is 3.99. The van der Waals surface area contributed by atoms with Gasteiger partial charge in [-0.15, -0.1) is 0 Å². The maximum Gasteiger partial charge on any atom is 0.221 e. The second-order valence-electron chi connectivity index (χ2n) is 7.86. The number of anilines is 1. The molecule has 1 aromatic heterocycles. The minimum Gasteiger partial charge on any atom is -0.455 e. The Hall–Kier alpha value is -3.93. The number of nitrogens with one attached hydrogen (secondary N) is 1. The molecule has 4 rings (SSSR count). The molecule has 0 atom stereocenters. The van der Waals surface area contributed by atoms with E-state index in [0.717, 1.165) is 0 Å². The smallest absolute Gasteiger partial charge is 0.221 e. The van der Waals surface area contributed by atoms with Crippen LogP contribution in [0.3, 0.4) is 0 Å². The van der Waals surface area contributed by atoms with Gasteiger partial charge in [-0.25, -0.2) is 4.39 Å². The number of carbonyl (C=O) groups excluding carboxylic acids is 1. The van der Waals surface area contributed by atoms with Gasteiger partial charge in [0.2, 0.25) is 5.91 Å². The zero-order chi connectivity index (χ0) is 23.0. The average Bonchev–Trinajstić information content (AvgIpc) is 2.73. The van der Waals surface area contributed by atoms with Gasteiger partial charge in [-0.3, -0.25) is 9.59 Å². The number of amides is 1. The Balaban J connectivity index is 1.97. The summed E-state index contributed by atoms with van der Waals surface area (Å²) in [6.07, 6.45) is 1.76. The van der Waals surface area contributed by atoms with Crippen LogP contribution in [0, 0.1) is 26.6 Å². The summed E-state index contributed by atoms with van der Waals surface area (Å²) in [5, 5.41) is 3.37. The topological polar surface area (TPSA) is 60.3 Å². The van der Waals surface area contributed by atoms with Crippen molar-refractivity contribution in [2.24, 2.45) is 0 Å². The van der Waals surface area contributed by atoms with Crippen LogP contribution in [0.4, 0.5) is 10.1 Å². The third-order valence-electron chi connectivity index (χ3n) is 5.27. The molecule has 32 heavy (non-hydrogen) atoms. The summed E-state index contributed by atoms with van der Waals surface area (Å²) in [5.74, 6) is 0.540. The number of carbonyl (C=O) groups is 1. The Morgan fingerprint density at radius 3 is 2.34 bits per heavy atom. The molecule has 0 fully saturated rings. The summed E-state index contributed by atoms with van der Waals surface area (Å²) in [5.41, 5.74) is 3.81. The molecule has 0 saturated carbocycles. The molecule has 0 aliphatic heterocycles. The maximum absolute atomic E-state index is 13.8. The normalized spacial score (nSPS) is 10.9. The fraction of sp³-hybridized carbons (Fsp3) is 0.154. The first-order valence-electron chi connectivity index (χ1n) is 10.2. The zero-order valence-electron chi connectivity index (χ0n) is 18.3. The van der Waals surface area contributed by atoms with E-state index in [1.165, 1.54) is 19.1 Å². The highest BCUT2D eigenvalue weighted by Crippen LogP contribution is 2.35. The van der Waals surface area contributed by atoms with Crippen molar-refractivity contribution in [3.8, 4) is 17.2 Å². The van der Waals surface area contributed by atoms with E-state index >= 15 is 0 Å². The molecule has 6 heteroatoms. The maximum atomic E-state index is 13.8. The third-order valence-corrected chi connectivity index (χ3v) is 5.27. The highest BCUT2D eigenvalue weighted by atomic mass is 19.1. The number of pyridine rings is 1. The van der Waals surface area contributed by atoms with E-state index in [-0.39, 0.29) is 17.2 Å². The molecular weight excluding hydrogens is 407 g/mol. The lowest BCUT2D eigenvalue weighted by Crippen LogP contribution is -2.12. The minimum atomic E-state index is -0.324. The molecule has 1 amide bonds. The molecule has 1 heterocycles. The van der Waals surface area contributed by atoms with Crippen LogP contribution in [0.15, 0.2) is 65.6 Å². The monoisotopic (exact) mass is 430 g/mol. The van der Waals surface area contributed by atoms with E-state index in [1.807, 2.05) is 22.8 Å². The number of halogens is 1. The lowest BCUT2D eigenvalue weighted by atomic mass is 10.1. The van der Waals surface area contributed by atoms with Crippen molar-refractivity contribution < 1.29 is 13.9 Å². The lowest BCUT2D eigenvalue weighted by molar-refractivity contribution is -0.114. The lowest BCUT2D eigenvalue weighted by Gasteiger charge is -2.19. The summed E-state index contributed by atoms with van der Waals surface area (Å²) < 4.78 is 22.0. The van der Waals surface area contributed by atoms with Crippen LogP contribution in [-0.2, 0) is 4.79 Å². The van der Waals surface area contributed by atoms with Crippen LogP contribution in [0.25, 0.3) is 16.6 Å². The standard InChI is InChI=1S/C26H23FN2O3/c1-15-11-19(27)12-16(2)26(15)32-24-10-9-20(28-18(4)30)13-23(24)29-14-17(3)25(31)21-7-5-6-8-22(21)29/h5-14H,1-4H3,(H,28,30). The van der Waals surface area contributed by atoms with Gasteiger partial charge >= 0.3 is 0 Å². The second kappa shape index (κ2) is 8.30. The van der Waals surface area contributed by atoms with Gasteiger partial charge in [-0.2, -0.15) is 0 Å². The van der Waals surface area contributed by atoms with Crippen LogP contribution in [-0.4, -0.2) is 10.5 Å². The van der Waals surface area contributed by atoms with Crippen molar-refractivity contribution in [2.75, 3.05) is 5.32 Å². The zero-order valence-corrected chi connectivity index (χ0v) is 18.3. The predicted octanol–water partition coefficient (Wildman–Crippen LogP) is 5.81. The highest BCUT2D eigenvalue weighted by molar-refractivity contribution is 5.89. The highest BCUT2D eigenvalue weighted by Gasteiger charge is 2.16. The Kier molecular flexibility index (Phi) is 5.53. The van der Waals surface area contributed by atoms with Crippen molar-refractivity contribution >= 4 is 22.5 Å². The molecular formula is C26H23FN2O3. The number of fused-ring (bicyclic) bond motifs is 1. The number of para-hydroxylation sites is 1. The Morgan fingerprint density at radius 2 is 1.66 bits per heavy atom. The van der Waals surface area contributed by atoms with Crippen LogP contribution in [0.2, 0.25) is 0 Å². The fourth-order valence-electron chi connectivity index (χ4n) is 3.85. The number of hydrogen-bond donors (Lipinski definition) is 1. The molecule has 3 aromatic carbocycles. The number of benzene rings is 3. The number of rotatable bonds is 4. The molecule has 1 N–H and O–H groups in total. The van der Waals surface area contributed by atoms with Crippen molar-refractivity contribution in [2.45, 2.75) is 27.7 Å². The fourth-order valence-corrected chi connectivity index (χ4v) is 3.85. The van der Waals surface area contributed by atoms with Crippen molar-refractivity contribution in [1.29, 1.82) is 0 Å². The molecule has 5 nitrogen and oxygen atoms in total. The average molecular weight is 430 g/mol. The van der Waals surface area contributed by atoms with Crippen LogP contribution in [0.1, 0.15) is 23.6 Å². The van der Waals surface area contributed by atoms with Gasteiger partial charge in [-0.05, 0) is 74.4 Å². The number of nitrogens with zero attached hydrogens (tertiary/aromatic N) is 1. The van der Waals surface area contributed by atoms with Crippen LogP contribution in [0.5, 0.6) is 11.5 Å². The summed E-state index contributed by atoms with van der Waals surface area (Å²) in [6.45, 7) is 6.78. The summed E-state index contributed by atoms with van der Waals surface area (Å²) in [6, 6.07) is 15.5. The first-order chi connectivity index (χ1) is 15.2. The van der Waals surface area contributed by atoms with E-state index in [1.54, 1.807) is 51.2 Å². The largest absolute Gasteiger partial charge is 0.455 e. The molecule has 0 saturated heterocycles. The van der Waals surface area contributed by atoms with E-state index in [4.69, 9.17) is 4.74 Å². The molecule has 0 aliphatic rings. The van der Waals surface area contributed by atoms with E-state index < -0.39 is 0 Å². The minimum absolute atomic E-state index is 0.0393. The van der Waals surface area contributed by atoms with Crippen molar-refractivity contribution in [3.63, 3.8) is 0 Å².